The van der Waals surface area contributed by atoms with Crippen molar-refractivity contribution >= 4 is 17.9 Å². The Morgan fingerprint density at radius 2 is 1.73 bits per heavy atom. The minimum atomic E-state index is 0.540. The van der Waals surface area contributed by atoms with Gasteiger partial charge in [0.05, 0.1) is 5.71 Å². The van der Waals surface area contributed by atoms with Crippen molar-refractivity contribution < 1.29 is 0 Å². The van der Waals surface area contributed by atoms with Gasteiger partial charge in [-0.25, -0.2) is 0 Å². The molecule has 114 valence electrons. The van der Waals surface area contributed by atoms with Gasteiger partial charge in [-0.2, -0.15) is 5.10 Å². The van der Waals surface area contributed by atoms with Crippen LogP contribution in [0.4, 0.5) is 0 Å². The average molecular weight is 293 g/mol. The van der Waals surface area contributed by atoms with Gasteiger partial charge in [-0.05, 0) is 54.3 Å². The third-order valence-corrected chi connectivity index (χ3v) is 3.74. The van der Waals surface area contributed by atoms with Crippen LogP contribution in [0, 0.1) is 13.8 Å². The fourth-order valence-corrected chi connectivity index (χ4v) is 2.51. The van der Waals surface area contributed by atoms with Crippen molar-refractivity contribution in [2.75, 3.05) is 6.54 Å². The smallest absolute Gasteiger partial charge is 0.0685 e. The summed E-state index contributed by atoms with van der Waals surface area (Å²) in [6.07, 6.45) is 4.96. The summed E-state index contributed by atoms with van der Waals surface area (Å²) in [5, 5.41) is 3.85. The molecule has 0 aromatic heterocycles. The predicted molar refractivity (Wildman–Crippen MR) is 95.7 cm³/mol. The van der Waals surface area contributed by atoms with Gasteiger partial charge in [-0.3, -0.25) is 0 Å². The minimum Gasteiger partial charge on any atom is -0.330 e. The molecule has 0 unspecified atom stereocenters. The molecular weight excluding hydrogens is 270 g/mol. The number of benzene rings is 2. The monoisotopic (exact) mass is 293 g/mol. The fourth-order valence-electron chi connectivity index (χ4n) is 2.51. The van der Waals surface area contributed by atoms with Gasteiger partial charge in [-0.1, -0.05) is 48.6 Å². The van der Waals surface area contributed by atoms with Crippen LogP contribution < -0.4 is 11.6 Å². The van der Waals surface area contributed by atoms with E-state index in [0.717, 1.165) is 16.8 Å². The van der Waals surface area contributed by atoms with E-state index in [1.807, 2.05) is 12.1 Å². The summed E-state index contributed by atoms with van der Waals surface area (Å²) < 4.78 is 0. The Labute approximate surface area is 132 Å². The van der Waals surface area contributed by atoms with E-state index in [4.69, 9.17) is 11.6 Å². The summed E-state index contributed by atoms with van der Waals surface area (Å²) in [6, 6.07) is 14.5. The second-order valence-corrected chi connectivity index (χ2v) is 5.38. The zero-order valence-corrected chi connectivity index (χ0v) is 13.2. The second-order valence-electron chi connectivity index (χ2n) is 5.38. The van der Waals surface area contributed by atoms with E-state index in [1.54, 1.807) is 0 Å². The summed E-state index contributed by atoms with van der Waals surface area (Å²) in [4.78, 5) is 0. The normalized spacial score (nSPS) is 12.0. The van der Waals surface area contributed by atoms with Gasteiger partial charge in [0, 0.05) is 6.42 Å². The van der Waals surface area contributed by atoms with Crippen molar-refractivity contribution in [1.29, 1.82) is 0 Å². The van der Waals surface area contributed by atoms with Crippen LogP contribution in [-0.2, 0) is 0 Å². The number of nitrogens with zero attached hydrogens (tertiary/aromatic N) is 1. The Balaban J connectivity index is 2.29. The molecule has 0 radical (unpaired) electrons. The lowest BCUT2D eigenvalue weighted by molar-refractivity contribution is 1.03. The highest BCUT2D eigenvalue weighted by Crippen LogP contribution is 2.17. The molecule has 4 N–H and O–H groups in total. The Hall–Kier alpha value is -2.39. The van der Waals surface area contributed by atoms with Crippen LogP contribution in [0.5, 0.6) is 0 Å². The molecule has 0 fully saturated rings. The van der Waals surface area contributed by atoms with Crippen LogP contribution in [-0.4, -0.2) is 12.3 Å². The number of rotatable bonds is 5. The van der Waals surface area contributed by atoms with Gasteiger partial charge in [0.2, 0.25) is 0 Å². The van der Waals surface area contributed by atoms with E-state index in [-0.39, 0.29) is 0 Å². The molecule has 0 bridgehead atoms. The molecule has 0 saturated heterocycles. The molecule has 0 amide bonds. The first-order valence-electron chi connectivity index (χ1n) is 7.47. The molecule has 0 atom stereocenters. The van der Waals surface area contributed by atoms with Crippen LogP contribution in [0.15, 0.2) is 47.6 Å². The Morgan fingerprint density at radius 3 is 2.36 bits per heavy atom. The van der Waals surface area contributed by atoms with Gasteiger partial charge in [0.1, 0.15) is 0 Å². The lowest BCUT2D eigenvalue weighted by atomic mass is 10.0. The molecule has 0 heterocycles. The van der Waals surface area contributed by atoms with E-state index < -0.39 is 0 Å². The van der Waals surface area contributed by atoms with Crippen molar-refractivity contribution in [2.24, 2.45) is 16.7 Å². The lowest BCUT2D eigenvalue weighted by Crippen LogP contribution is -2.11. The molecule has 2 rings (SSSR count). The Morgan fingerprint density at radius 1 is 1.05 bits per heavy atom. The van der Waals surface area contributed by atoms with Crippen molar-refractivity contribution in [3.63, 3.8) is 0 Å². The van der Waals surface area contributed by atoms with Crippen LogP contribution in [0.3, 0.4) is 0 Å². The topological polar surface area (TPSA) is 64.4 Å². The average Bonchev–Trinajstić information content (AvgIpc) is 2.52. The number of aryl methyl sites for hydroxylation is 2. The van der Waals surface area contributed by atoms with Gasteiger partial charge in [0.15, 0.2) is 0 Å². The standard InChI is InChI=1S/C19H23N3/c1-14-5-3-6-15(2)18(14)10-9-16-7-4-8-17(13-16)19(22-21)11-12-20/h3-10,13H,11-12,20-21H2,1-2H3. The molecule has 2 aromatic carbocycles. The number of nitrogens with two attached hydrogens (primary N) is 2. The molecule has 22 heavy (non-hydrogen) atoms. The first kappa shape index (κ1) is 16.0. The number of hydrazone groups is 1. The van der Waals surface area contributed by atoms with E-state index in [9.17, 15) is 0 Å². The zero-order chi connectivity index (χ0) is 15.9. The van der Waals surface area contributed by atoms with E-state index >= 15 is 0 Å². The molecule has 2 aromatic rings. The van der Waals surface area contributed by atoms with Crippen LogP contribution in [0.1, 0.15) is 34.2 Å². The van der Waals surface area contributed by atoms with Gasteiger partial charge in [-0.15, -0.1) is 0 Å². The zero-order valence-electron chi connectivity index (χ0n) is 13.2. The maximum atomic E-state index is 5.60. The third-order valence-electron chi connectivity index (χ3n) is 3.74. The van der Waals surface area contributed by atoms with E-state index in [2.05, 4.69) is 61.4 Å². The lowest BCUT2D eigenvalue weighted by Gasteiger charge is -2.06. The molecule has 0 aliphatic carbocycles. The van der Waals surface area contributed by atoms with Crippen LogP contribution >= 0.6 is 0 Å². The second kappa shape index (κ2) is 7.57. The first-order chi connectivity index (χ1) is 10.7. The molecule has 3 heteroatoms. The number of hydrogen-bond acceptors (Lipinski definition) is 3. The molecule has 0 aliphatic heterocycles. The molecule has 0 aliphatic rings. The van der Waals surface area contributed by atoms with Crippen molar-refractivity contribution in [3.05, 3.63) is 70.3 Å². The predicted octanol–water partition coefficient (Wildman–Crippen LogP) is 3.49. The van der Waals surface area contributed by atoms with Crippen LogP contribution in [0.2, 0.25) is 0 Å². The summed E-state index contributed by atoms with van der Waals surface area (Å²) in [7, 11) is 0. The summed E-state index contributed by atoms with van der Waals surface area (Å²) in [5.74, 6) is 5.46. The maximum Gasteiger partial charge on any atom is 0.0685 e. The maximum absolute atomic E-state index is 5.60. The van der Waals surface area contributed by atoms with Crippen LogP contribution in [0.25, 0.3) is 12.2 Å². The quantitative estimate of drug-likeness (QED) is 0.383. The van der Waals surface area contributed by atoms with Crippen molar-refractivity contribution in [2.45, 2.75) is 20.3 Å². The Kier molecular flexibility index (Phi) is 5.50. The van der Waals surface area contributed by atoms with E-state index in [0.29, 0.717) is 13.0 Å². The number of hydrogen-bond donors (Lipinski definition) is 2. The highest BCUT2D eigenvalue weighted by molar-refractivity contribution is 6.01. The highest BCUT2D eigenvalue weighted by atomic mass is 15.1. The molecule has 0 spiro atoms. The molecular formula is C19H23N3. The largest absolute Gasteiger partial charge is 0.330 e. The Bertz CT molecular complexity index is 679. The minimum absolute atomic E-state index is 0.540. The fraction of sp³-hybridized carbons (Fsp3) is 0.211. The summed E-state index contributed by atoms with van der Waals surface area (Å²) in [5.41, 5.74) is 12.4. The highest BCUT2D eigenvalue weighted by Gasteiger charge is 2.03. The SMILES string of the molecule is Cc1cccc(C)c1C=Cc1cccc(C(CCN)=NN)c1. The summed E-state index contributed by atoms with van der Waals surface area (Å²) in [6.45, 7) is 4.80. The first-order valence-corrected chi connectivity index (χ1v) is 7.47. The van der Waals surface area contributed by atoms with E-state index in [1.165, 1.54) is 16.7 Å². The molecule has 0 saturated carbocycles. The van der Waals surface area contributed by atoms with Gasteiger partial charge < -0.3 is 11.6 Å². The van der Waals surface area contributed by atoms with Gasteiger partial charge in [0.25, 0.3) is 0 Å². The van der Waals surface area contributed by atoms with Crippen molar-refractivity contribution in [3.8, 4) is 0 Å². The van der Waals surface area contributed by atoms with Crippen molar-refractivity contribution in [1.82, 2.24) is 0 Å². The summed E-state index contributed by atoms with van der Waals surface area (Å²) >= 11 is 0. The third kappa shape index (κ3) is 3.83. The van der Waals surface area contributed by atoms with Gasteiger partial charge >= 0.3 is 0 Å². The molecule has 3 nitrogen and oxygen atoms in total.